The number of fused-ring (bicyclic) bond motifs is 1. The van der Waals surface area contributed by atoms with Gasteiger partial charge < -0.3 is 20.6 Å². The number of hydrogen-bond donors (Lipinski definition) is 4. The van der Waals surface area contributed by atoms with Crippen molar-refractivity contribution >= 4 is 22.6 Å². The molecule has 4 rings (SSSR count). The summed E-state index contributed by atoms with van der Waals surface area (Å²) in [5.41, 5.74) is 3.64. The van der Waals surface area contributed by atoms with Crippen LogP contribution in [-0.4, -0.2) is 43.5 Å². The van der Waals surface area contributed by atoms with Crippen LogP contribution in [0.25, 0.3) is 11.0 Å². The van der Waals surface area contributed by atoms with Crippen LogP contribution >= 0.6 is 0 Å². The summed E-state index contributed by atoms with van der Waals surface area (Å²) < 4.78 is 1.71. The molecule has 1 aliphatic heterocycles. The fourth-order valence-corrected chi connectivity index (χ4v) is 3.72. The number of imidazole rings is 1. The number of H-pyrrole nitrogens is 2. The molecule has 1 aliphatic rings. The molecule has 1 unspecified atom stereocenters. The number of rotatable bonds is 5. The zero-order valence-corrected chi connectivity index (χ0v) is 16.1. The van der Waals surface area contributed by atoms with E-state index in [1.165, 1.54) is 19.3 Å². The fourth-order valence-electron chi connectivity index (χ4n) is 3.72. The van der Waals surface area contributed by atoms with Crippen LogP contribution in [0.3, 0.4) is 0 Å². The van der Waals surface area contributed by atoms with E-state index in [-0.39, 0.29) is 17.3 Å². The molecule has 1 amide bonds. The molecule has 1 atom stereocenters. The van der Waals surface area contributed by atoms with Gasteiger partial charge in [-0.15, -0.1) is 5.10 Å². The van der Waals surface area contributed by atoms with Crippen LogP contribution in [0.4, 0.5) is 5.69 Å². The molecule has 9 nitrogen and oxygen atoms in total. The lowest BCUT2D eigenvalue weighted by Gasteiger charge is -2.23. The first-order chi connectivity index (χ1) is 13.5. The van der Waals surface area contributed by atoms with Crippen LogP contribution in [-0.2, 0) is 6.54 Å². The lowest BCUT2D eigenvalue weighted by atomic mass is 10.0. The molecule has 148 valence electrons. The molecule has 3 aromatic rings. The third-order valence-corrected chi connectivity index (χ3v) is 5.46. The molecule has 0 spiro atoms. The molecule has 3 heterocycles. The normalized spacial score (nSPS) is 17.1. The van der Waals surface area contributed by atoms with Crippen molar-refractivity contribution in [2.75, 3.05) is 11.9 Å². The summed E-state index contributed by atoms with van der Waals surface area (Å²) in [6, 6.07) is 2.39. The average molecular weight is 383 g/mol. The molecule has 0 bridgehead atoms. The Bertz CT molecular complexity index is 1060. The number of nitrogens with one attached hydrogen (secondary N) is 4. The standard InChI is InChI=1S/C19H25N7O2/c1-11-9-14-17(23-19(28)21-14)16(12(11)2)22-18(27)15-10-26(25-24-15)8-6-13-5-3-4-7-20-13/h9-10,13,20H,3-8H2,1-2H3,(H,22,27)(H2,21,23,28). The van der Waals surface area contributed by atoms with Gasteiger partial charge in [0.05, 0.1) is 22.9 Å². The van der Waals surface area contributed by atoms with E-state index in [0.717, 1.165) is 30.6 Å². The first kappa shape index (κ1) is 18.4. The van der Waals surface area contributed by atoms with E-state index in [4.69, 9.17) is 0 Å². The highest BCUT2D eigenvalue weighted by molar-refractivity contribution is 6.07. The Labute approximate surface area is 161 Å². The number of hydrogen-bond acceptors (Lipinski definition) is 5. The molecule has 4 N–H and O–H groups in total. The maximum absolute atomic E-state index is 12.7. The maximum atomic E-state index is 12.7. The lowest BCUT2D eigenvalue weighted by Crippen LogP contribution is -2.34. The summed E-state index contributed by atoms with van der Waals surface area (Å²) in [5.74, 6) is -0.348. The summed E-state index contributed by atoms with van der Waals surface area (Å²) in [5, 5.41) is 14.5. The van der Waals surface area contributed by atoms with Gasteiger partial charge in [-0.3, -0.25) is 9.48 Å². The summed E-state index contributed by atoms with van der Waals surface area (Å²) in [4.78, 5) is 29.8. The second-order valence-electron chi connectivity index (χ2n) is 7.45. The molecule has 0 aliphatic carbocycles. The minimum absolute atomic E-state index is 0.253. The third kappa shape index (κ3) is 3.70. The fraction of sp³-hybridized carbons (Fsp3) is 0.474. The Balaban J connectivity index is 1.48. The Morgan fingerprint density at radius 3 is 2.96 bits per heavy atom. The summed E-state index contributed by atoms with van der Waals surface area (Å²) in [6.45, 7) is 5.63. The van der Waals surface area contributed by atoms with E-state index in [9.17, 15) is 9.59 Å². The number of aromatic amines is 2. The summed E-state index contributed by atoms with van der Waals surface area (Å²) in [7, 11) is 0. The second-order valence-corrected chi connectivity index (χ2v) is 7.45. The molecular weight excluding hydrogens is 358 g/mol. The van der Waals surface area contributed by atoms with Crippen molar-refractivity contribution in [2.24, 2.45) is 0 Å². The predicted molar refractivity (Wildman–Crippen MR) is 107 cm³/mol. The zero-order valence-electron chi connectivity index (χ0n) is 16.1. The van der Waals surface area contributed by atoms with Gasteiger partial charge in [-0.05, 0) is 56.8 Å². The zero-order chi connectivity index (χ0) is 19.7. The number of carbonyl (C=O) groups excluding carboxylic acids is 1. The molecule has 9 heteroatoms. The van der Waals surface area contributed by atoms with Crippen LogP contribution in [0.5, 0.6) is 0 Å². The van der Waals surface area contributed by atoms with Crippen molar-refractivity contribution in [3.05, 3.63) is 39.6 Å². The Morgan fingerprint density at radius 2 is 2.18 bits per heavy atom. The van der Waals surface area contributed by atoms with Gasteiger partial charge in [-0.2, -0.15) is 0 Å². The van der Waals surface area contributed by atoms with Crippen molar-refractivity contribution in [2.45, 2.75) is 52.1 Å². The highest BCUT2D eigenvalue weighted by Gasteiger charge is 2.18. The van der Waals surface area contributed by atoms with Crippen molar-refractivity contribution < 1.29 is 4.79 Å². The van der Waals surface area contributed by atoms with Gasteiger partial charge in [0, 0.05) is 12.6 Å². The Morgan fingerprint density at radius 1 is 1.32 bits per heavy atom. The van der Waals surface area contributed by atoms with Gasteiger partial charge in [0.15, 0.2) is 5.69 Å². The van der Waals surface area contributed by atoms with Crippen LogP contribution in [0, 0.1) is 13.8 Å². The largest absolute Gasteiger partial charge is 0.323 e. The maximum Gasteiger partial charge on any atom is 0.323 e. The SMILES string of the molecule is Cc1cc2[nH]c(=O)[nH]c2c(NC(=O)c2cn(CCC3CCCCN3)nn2)c1C. The van der Waals surface area contributed by atoms with Crippen molar-refractivity contribution in [3.8, 4) is 0 Å². The minimum Gasteiger partial charge on any atom is -0.318 e. The smallest absolute Gasteiger partial charge is 0.318 e. The van der Waals surface area contributed by atoms with Crippen molar-refractivity contribution in [1.29, 1.82) is 0 Å². The van der Waals surface area contributed by atoms with E-state index >= 15 is 0 Å². The molecular formula is C19H25N7O2. The van der Waals surface area contributed by atoms with Gasteiger partial charge >= 0.3 is 5.69 Å². The summed E-state index contributed by atoms with van der Waals surface area (Å²) in [6.07, 6.45) is 6.31. The van der Waals surface area contributed by atoms with Crippen LogP contribution in [0.2, 0.25) is 0 Å². The Kier molecular flexibility index (Phi) is 4.99. The Hall–Kier alpha value is -2.94. The van der Waals surface area contributed by atoms with E-state index in [1.54, 1.807) is 10.9 Å². The summed E-state index contributed by atoms with van der Waals surface area (Å²) >= 11 is 0. The van der Waals surface area contributed by atoms with Gasteiger partial charge in [0.25, 0.3) is 5.91 Å². The number of piperidine rings is 1. The number of benzene rings is 1. The van der Waals surface area contributed by atoms with E-state index in [1.807, 2.05) is 19.9 Å². The number of aryl methyl sites for hydroxylation is 2. The molecule has 1 aromatic carbocycles. The molecule has 1 saturated heterocycles. The number of aromatic nitrogens is 5. The van der Waals surface area contributed by atoms with E-state index < -0.39 is 0 Å². The molecule has 2 aromatic heterocycles. The van der Waals surface area contributed by atoms with Crippen LogP contribution in [0.15, 0.2) is 17.1 Å². The number of nitrogens with zero attached hydrogens (tertiary/aromatic N) is 3. The van der Waals surface area contributed by atoms with Crippen molar-refractivity contribution in [3.63, 3.8) is 0 Å². The number of amides is 1. The topological polar surface area (TPSA) is 120 Å². The van der Waals surface area contributed by atoms with Gasteiger partial charge in [0.2, 0.25) is 0 Å². The number of carbonyl (C=O) groups is 1. The average Bonchev–Trinajstić information content (AvgIpc) is 3.30. The molecule has 0 saturated carbocycles. The highest BCUT2D eigenvalue weighted by Crippen LogP contribution is 2.27. The molecule has 1 fully saturated rings. The first-order valence-electron chi connectivity index (χ1n) is 9.68. The highest BCUT2D eigenvalue weighted by atomic mass is 16.2. The monoisotopic (exact) mass is 383 g/mol. The predicted octanol–water partition coefficient (Wildman–Crippen LogP) is 1.85. The van der Waals surface area contributed by atoms with Gasteiger partial charge in [-0.1, -0.05) is 11.6 Å². The van der Waals surface area contributed by atoms with E-state index in [2.05, 4.69) is 30.9 Å². The molecule has 0 radical (unpaired) electrons. The van der Waals surface area contributed by atoms with Crippen LogP contribution < -0.4 is 16.3 Å². The lowest BCUT2D eigenvalue weighted by molar-refractivity contribution is 0.102. The van der Waals surface area contributed by atoms with Crippen LogP contribution in [0.1, 0.15) is 47.3 Å². The van der Waals surface area contributed by atoms with Gasteiger partial charge in [0.1, 0.15) is 0 Å². The first-order valence-corrected chi connectivity index (χ1v) is 9.68. The minimum atomic E-state index is -0.348. The van der Waals surface area contributed by atoms with Gasteiger partial charge in [-0.25, -0.2) is 4.79 Å². The quantitative estimate of drug-likeness (QED) is 0.536. The number of anilines is 1. The van der Waals surface area contributed by atoms with Crippen molar-refractivity contribution in [1.82, 2.24) is 30.3 Å². The van der Waals surface area contributed by atoms with E-state index in [0.29, 0.717) is 22.8 Å². The molecule has 28 heavy (non-hydrogen) atoms. The third-order valence-electron chi connectivity index (χ3n) is 5.46. The second kappa shape index (κ2) is 7.59.